The second-order valence-corrected chi connectivity index (χ2v) is 7.44. The molecule has 1 aromatic heterocycles. The van der Waals surface area contributed by atoms with Gasteiger partial charge in [-0.2, -0.15) is 0 Å². The highest BCUT2D eigenvalue weighted by Gasteiger charge is 2.15. The number of amides is 1. The highest BCUT2D eigenvalue weighted by atomic mass is 35.5. The third-order valence-electron chi connectivity index (χ3n) is 4.96. The minimum atomic E-state index is -0.494. The Morgan fingerprint density at radius 1 is 1.13 bits per heavy atom. The number of rotatable bonds is 5. The highest BCUT2D eigenvalue weighted by Crippen LogP contribution is 2.37. The van der Waals surface area contributed by atoms with Gasteiger partial charge in [0.1, 0.15) is 17.1 Å². The van der Waals surface area contributed by atoms with Gasteiger partial charge < -0.3 is 14.5 Å². The molecule has 0 saturated carbocycles. The van der Waals surface area contributed by atoms with Crippen molar-refractivity contribution >= 4 is 39.7 Å². The third-order valence-corrected chi connectivity index (χ3v) is 5.21. The van der Waals surface area contributed by atoms with Gasteiger partial charge in [0.15, 0.2) is 0 Å². The van der Waals surface area contributed by atoms with Gasteiger partial charge in [-0.3, -0.25) is 4.79 Å². The number of benzene rings is 3. The average Bonchev–Trinajstić information content (AvgIpc) is 3.17. The van der Waals surface area contributed by atoms with E-state index in [4.69, 9.17) is 20.8 Å². The van der Waals surface area contributed by atoms with E-state index < -0.39 is 11.7 Å². The largest absolute Gasteiger partial charge is 0.496 e. The predicted molar refractivity (Wildman–Crippen MR) is 122 cm³/mol. The summed E-state index contributed by atoms with van der Waals surface area (Å²) in [6, 6.07) is 17.2. The molecule has 4 aromatic rings. The van der Waals surface area contributed by atoms with Crippen LogP contribution in [-0.4, -0.2) is 13.0 Å². The molecule has 0 aliphatic rings. The van der Waals surface area contributed by atoms with Crippen LogP contribution in [0.2, 0.25) is 5.02 Å². The van der Waals surface area contributed by atoms with Gasteiger partial charge in [-0.1, -0.05) is 35.9 Å². The number of nitrogens with one attached hydrogen (secondary N) is 1. The summed E-state index contributed by atoms with van der Waals surface area (Å²) in [5, 5.41) is 4.09. The summed E-state index contributed by atoms with van der Waals surface area (Å²) >= 11 is 6.01. The number of hydrogen-bond acceptors (Lipinski definition) is 3. The van der Waals surface area contributed by atoms with E-state index in [0.29, 0.717) is 21.9 Å². The quantitative estimate of drug-likeness (QED) is 0.345. The molecule has 1 heterocycles. The van der Waals surface area contributed by atoms with Gasteiger partial charge in [0.25, 0.3) is 0 Å². The van der Waals surface area contributed by atoms with Gasteiger partial charge in [-0.05, 0) is 48.4 Å². The first-order valence-corrected chi connectivity index (χ1v) is 9.93. The molecule has 4 rings (SSSR count). The lowest BCUT2D eigenvalue weighted by molar-refractivity contribution is -0.111. The second kappa shape index (κ2) is 8.66. The molecule has 6 heteroatoms. The fraction of sp³-hybridized carbons (Fsp3) is 0.0800. The molecule has 0 bridgehead atoms. The minimum Gasteiger partial charge on any atom is -0.496 e. The maximum absolute atomic E-state index is 13.8. The van der Waals surface area contributed by atoms with Crippen LogP contribution in [-0.2, 0) is 4.79 Å². The number of furan rings is 1. The molecular weight excluding hydrogens is 417 g/mol. The van der Waals surface area contributed by atoms with E-state index in [1.54, 1.807) is 38.5 Å². The zero-order valence-corrected chi connectivity index (χ0v) is 17.7. The summed E-state index contributed by atoms with van der Waals surface area (Å²) in [6.45, 7) is 1.80. The van der Waals surface area contributed by atoms with Crippen LogP contribution in [0.4, 0.5) is 10.1 Å². The molecule has 0 radical (unpaired) electrons. The molecule has 1 N–H and O–H groups in total. The minimum absolute atomic E-state index is 0.124. The van der Waals surface area contributed by atoms with Crippen molar-refractivity contribution < 1.29 is 18.3 Å². The van der Waals surface area contributed by atoms with Gasteiger partial charge in [0.2, 0.25) is 5.91 Å². The molecule has 1 amide bonds. The number of anilines is 1. The van der Waals surface area contributed by atoms with E-state index in [0.717, 1.165) is 22.1 Å². The van der Waals surface area contributed by atoms with Crippen molar-refractivity contribution in [1.82, 2.24) is 0 Å². The van der Waals surface area contributed by atoms with Crippen LogP contribution in [0, 0.1) is 5.82 Å². The number of ether oxygens (including phenoxy) is 1. The predicted octanol–water partition coefficient (Wildman–Crippen LogP) is 6.94. The van der Waals surface area contributed by atoms with E-state index in [1.807, 2.05) is 30.3 Å². The van der Waals surface area contributed by atoms with Crippen LogP contribution < -0.4 is 10.1 Å². The number of para-hydroxylation sites is 1. The molecule has 0 aliphatic carbocycles. The maximum Gasteiger partial charge on any atom is 0.248 e. The monoisotopic (exact) mass is 435 g/mol. The van der Waals surface area contributed by atoms with Crippen molar-refractivity contribution in [2.75, 3.05) is 12.4 Å². The van der Waals surface area contributed by atoms with Crippen LogP contribution >= 0.6 is 11.6 Å². The first kappa shape index (κ1) is 20.7. The average molecular weight is 436 g/mol. The fourth-order valence-electron chi connectivity index (χ4n) is 3.39. The molecule has 4 nitrogen and oxygen atoms in total. The van der Waals surface area contributed by atoms with E-state index in [9.17, 15) is 9.18 Å². The van der Waals surface area contributed by atoms with Crippen LogP contribution in [0.1, 0.15) is 12.5 Å². The number of fused-ring (bicyclic) bond motifs is 1. The second-order valence-electron chi connectivity index (χ2n) is 7.00. The number of carbonyl (C=O) groups excluding carboxylic acids is 1. The van der Waals surface area contributed by atoms with E-state index in [-0.39, 0.29) is 5.69 Å². The van der Waals surface area contributed by atoms with Crippen LogP contribution in [0.15, 0.2) is 77.4 Å². The number of halogens is 2. The van der Waals surface area contributed by atoms with Crippen molar-refractivity contribution in [3.8, 4) is 16.9 Å². The molecule has 3 aromatic carbocycles. The SMILES string of the molecule is COc1cc2occ(-c3ccc(Cl)cc3)c2cc1/C(C)=C/C(=O)Nc1ccccc1F. The number of allylic oxidation sites excluding steroid dienone is 1. The van der Waals surface area contributed by atoms with Gasteiger partial charge in [0, 0.05) is 33.7 Å². The van der Waals surface area contributed by atoms with Gasteiger partial charge in [-0.25, -0.2) is 4.39 Å². The normalized spacial score (nSPS) is 11.5. The van der Waals surface area contributed by atoms with Crippen molar-refractivity contribution in [3.05, 3.63) is 89.4 Å². The Bertz CT molecular complexity index is 1290. The van der Waals surface area contributed by atoms with Gasteiger partial charge >= 0.3 is 0 Å². The number of carbonyl (C=O) groups is 1. The molecule has 156 valence electrons. The molecule has 0 unspecified atom stereocenters. The third kappa shape index (κ3) is 4.32. The molecule has 0 spiro atoms. The topological polar surface area (TPSA) is 51.5 Å². The Hall–Kier alpha value is -3.57. The Balaban J connectivity index is 1.72. The first-order chi connectivity index (χ1) is 15.0. The first-order valence-electron chi connectivity index (χ1n) is 9.55. The number of hydrogen-bond donors (Lipinski definition) is 1. The zero-order valence-electron chi connectivity index (χ0n) is 16.9. The Kier molecular flexibility index (Phi) is 5.78. The lowest BCUT2D eigenvalue weighted by Gasteiger charge is -2.10. The van der Waals surface area contributed by atoms with Gasteiger partial charge in [-0.15, -0.1) is 0 Å². The summed E-state index contributed by atoms with van der Waals surface area (Å²) in [7, 11) is 1.56. The maximum atomic E-state index is 13.8. The molecule has 0 fully saturated rings. The fourth-order valence-corrected chi connectivity index (χ4v) is 3.52. The van der Waals surface area contributed by atoms with Crippen LogP contribution in [0.25, 0.3) is 27.7 Å². The van der Waals surface area contributed by atoms with Crippen LogP contribution in [0.3, 0.4) is 0 Å². The molecule has 0 atom stereocenters. The zero-order chi connectivity index (χ0) is 22.0. The van der Waals surface area contributed by atoms with E-state index in [2.05, 4.69) is 5.32 Å². The standard InChI is InChI=1S/C25H19ClFNO3/c1-15(11-25(29)28-22-6-4-3-5-21(22)27)18-12-19-20(16-7-9-17(26)10-8-16)14-31-24(19)13-23(18)30-2/h3-14H,1-2H3,(H,28,29)/b15-11+. The van der Waals surface area contributed by atoms with Gasteiger partial charge in [0.05, 0.1) is 19.1 Å². The van der Waals surface area contributed by atoms with Crippen molar-refractivity contribution in [2.45, 2.75) is 6.92 Å². The summed E-state index contributed by atoms with van der Waals surface area (Å²) in [5.41, 5.74) is 4.04. The summed E-state index contributed by atoms with van der Waals surface area (Å²) in [4.78, 5) is 12.5. The Labute approximate surface area is 183 Å². The van der Waals surface area contributed by atoms with E-state index in [1.165, 1.54) is 18.2 Å². The molecule has 0 aliphatic heterocycles. The highest BCUT2D eigenvalue weighted by molar-refractivity contribution is 6.30. The lowest BCUT2D eigenvalue weighted by Crippen LogP contribution is -2.10. The van der Waals surface area contributed by atoms with E-state index >= 15 is 0 Å². The summed E-state index contributed by atoms with van der Waals surface area (Å²) < 4.78 is 25.1. The summed E-state index contributed by atoms with van der Waals surface area (Å²) in [6.07, 6.45) is 3.10. The van der Waals surface area contributed by atoms with Crippen LogP contribution in [0.5, 0.6) is 5.75 Å². The van der Waals surface area contributed by atoms with Crippen molar-refractivity contribution in [1.29, 1.82) is 0 Å². The van der Waals surface area contributed by atoms with Crippen molar-refractivity contribution in [2.24, 2.45) is 0 Å². The molecule has 0 saturated heterocycles. The Morgan fingerprint density at radius 2 is 1.87 bits per heavy atom. The molecular formula is C25H19ClFNO3. The summed E-state index contributed by atoms with van der Waals surface area (Å²) in [5.74, 6) is -0.362. The van der Waals surface area contributed by atoms with Crippen molar-refractivity contribution in [3.63, 3.8) is 0 Å². The number of methoxy groups -OCH3 is 1. The Morgan fingerprint density at radius 3 is 2.58 bits per heavy atom. The lowest BCUT2D eigenvalue weighted by atomic mass is 9.99. The molecule has 31 heavy (non-hydrogen) atoms. The smallest absolute Gasteiger partial charge is 0.248 e.